The number of aliphatic hydroxyl groups is 1. The number of unbranched alkanes of at least 4 members (excludes halogenated alkanes) is 3. The van der Waals surface area contributed by atoms with Crippen LogP contribution in [0.5, 0.6) is 0 Å². The van der Waals surface area contributed by atoms with Crippen molar-refractivity contribution >= 4 is 18.4 Å². The molecule has 0 aromatic rings. The van der Waals surface area contributed by atoms with Crippen LogP contribution in [0.15, 0.2) is 12.3 Å². The number of hydrogen-bond acceptors (Lipinski definition) is 2. The van der Waals surface area contributed by atoms with Crippen molar-refractivity contribution in [2.45, 2.75) is 83.5 Å². The third-order valence-electron chi connectivity index (χ3n) is 4.35. The quantitative estimate of drug-likeness (QED) is 0.214. The Bertz CT molecular complexity index is 220. The molecule has 0 aliphatic heterocycles. The summed E-state index contributed by atoms with van der Waals surface area (Å²) in [5, 5.41) is 8.75. The third-order valence-corrected chi connectivity index (χ3v) is 19.6. The molecular formula is C18H38O2Sn. The fourth-order valence-electron chi connectivity index (χ4n) is 2.92. The molecule has 0 radical (unpaired) electrons. The van der Waals surface area contributed by atoms with Gasteiger partial charge in [0.15, 0.2) is 0 Å². The molecule has 3 heteroatoms. The molecule has 0 bridgehead atoms. The number of aliphatic hydroxyl groups excluding tert-OH is 1. The summed E-state index contributed by atoms with van der Waals surface area (Å²) >= 11 is -1.98. The molecule has 0 aromatic heterocycles. The van der Waals surface area contributed by atoms with Crippen LogP contribution in [-0.2, 0) is 4.74 Å². The first-order valence-corrected chi connectivity index (χ1v) is 17.2. The van der Waals surface area contributed by atoms with E-state index in [-0.39, 0.29) is 6.61 Å². The molecule has 0 aliphatic carbocycles. The van der Waals surface area contributed by atoms with Crippen molar-refractivity contribution < 1.29 is 9.84 Å². The van der Waals surface area contributed by atoms with Gasteiger partial charge in [0.05, 0.1) is 0 Å². The number of allylic oxidation sites excluding steroid dienone is 1. The van der Waals surface area contributed by atoms with Crippen molar-refractivity contribution in [1.82, 2.24) is 0 Å². The van der Waals surface area contributed by atoms with Gasteiger partial charge in [-0.25, -0.2) is 0 Å². The van der Waals surface area contributed by atoms with Gasteiger partial charge in [0.1, 0.15) is 0 Å². The summed E-state index contributed by atoms with van der Waals surface area (Å²) in [6.07, 6.45) is 13.3. The zero-order valence-corrected chi connectivity index (χ0v) is 17.6. The molecule has 2 nitrogen and oxygen atoms in total. The van der Waals surface area contributed by atoms with Crippen LogP contribution in [0.3, 0.4) is 0 Å². The molecule has 0 aromatic carbocycles. The van der Waals surface area contributed by atoms with Gasteiger partial charge in [-0.1, -0.05) is 0 Å². The maximum absolute atomic E-state index is 8.75. The molecule has 0 atom stereocenters. The first kappa shape index (κ1) is 21.3. The van der Waals surface area contributed by atoms with Gasteiger partial charge >= 0.3 is 137 Å². The van der Waals surface area contributed by atoms with Gasteiger partial charge in [-0.15, -0.1) is 0 Å². The second kappa shape index (κ2) is 15.2. The molecule has 0 unspecified atom stereocenters. The van der Waals surface area contributed by atoms with E-state index in [1.807, 2.05) is 6.26 Å². The summed E-state index contributed by atoms with van der Waals surface area (Å²) in [4.78, 5) is 0. The van der Waals surface area contributed by atoms with E-state index in [4.69, 9.17) is 9.84 Å². The van der Waals surface area contributed by atoms with Gasteiger partial charge in [0.25, 0.3) is 0 Å². The van der Waals surface area contributed by atoms with Crippen molar-refractivity contribution in [2.75, 3.05) is 13.2 Å². The molecule has 0 heterocycles. The summed E-state index contributed by atoms with van der Waals surface area (Å²) in [6.45, 7) is 7.84. The van der Waals surface area contributed by atoms with Gasteiger partial charge < -0.3 is 0 Å². The van der Waals surface area contributed by atoms with Crippen molar-refractivity contribution in [3.63, 3.8) is 0 Å². The van der Waals surface area contributed by atoms with Crippen LogP contribution >= 0.6 is 0 Å². The van der Waals surface area contributed by atoms with Crippen LogP contribution < -0.4 is 0 Å². The van der Waals surface area contributed by atoms with Gasteiger partial charge in [0.2, 0.25) is 0 Å². The zero-order chi connectivity index (χ0) is 15.8. The van der Waals surface area contributed by atoms with Gasteiger partial charge in [-0.3, -0.25) is 0 Å². The van der Waals surface area contributed by atoms with E-state index >= 15 is 0 Å². The number of hydrogen-bond donors (Lipinski definition) is 1. The van der Waals surface area contributed by atoms with Crippen molar-refractivity contribution in [2.24, 2.45) is 0 Å². The molecule has 126 valence electrons. The van der Waals surface area contributed by atoms with Crippen molar-refractivity contribution in [1.29, 1.82) is 0 Å². The molecule has 0 amide bonds. The zero-order valence-electron chi connectivity index (χ0n) is 14.7. The van der Waals surface area contributed by atoms with Crippen LogP contribution in [0.2, 0.25) is 17.7 Å². The maximum atomic E-state index is 8.75. The Morgan fingerprint density at radius 1 is 0.857 bits per heavy atom. The Balaban J connectivity index is 4.47. The standard InChI is InChI=1S/C6H11O2.3C4H9.Sn/c1-2-5-8-6-3-4-7;3*1-3-4-2;/h2,5,7H,1,3-4,6H2;3*1,3-4H2,2H3;/b5-2+;;;;. The molecule has 0 spiro atoms. The van der Waals surface area contributed by atoms with Crippen molar-refractivity contribution in [3.8, 4) is 0 Å². The van der Waals surface area contributed by atoms with E-state index in [1.54, 1.807) is 13.3 Å². The van der Waals surface area contributed by atoms with E-state index in [9.17, 15) is 0 Å². The topological polar surface area (TPSA) is 29.5 Å². The fraction of sp³-hybridized carbons (Fsp3) is 0.889. The molecule has 21 heavy (non-hydrogen) atoms. The molecule has 0 aliphatic rings. The Morgan fingerprint density at radius 3 is 1.81 bits per heavy atom. The normalized spacial score (nSPS) is 12.2. The summed E-state index contributed by atoms with van der Waals surface area (Å²) < 4.78 is 11.5. The molecular weight excluding hydrogens is 367 g/mol. The van der Waals surface area contributed by atoms with Crippen LogP contribution in [-0.4, -0.2) is 36.7 Å². The SMILES string of the molecule is CCC[CH2][Sn]([CH2]/C=C/OCCCO)([CH2]CCC)[CH2]CCC. The van der Waals surface area contributed by atoms with Crippen molar-refractivity contribution in [3.05, 3.63) is 12.3 Å². The fourth-order valence-corrected chi connectivity index (χ4v) is 18.0. The van der Waals surface area contributed by atoms with E-state index in [1.165, 1.54) is 43.0 Å². The Hall–Kier alpha value is 0.299. The number of ether oxygens (including phenoxy) is 1. The van der Waals surface area contributed by atoms with E-state index in [2.05, 4.69) is 26.8 Å². The second-order valence-corrected chi connectivity index (χ2v) is 20.3. The minimum atomic E-state index is -1.98. The van der Waals surface area contributed by atoms with Gasteiger partial charge in [0, 0.05) is 0 Å². The van der Waals surface area contributed by atoms with Crippen LogP contribution in [0.4, 0.5) is 0 Å². The summed E-state index contributed by atoms with van der Waals surface area (Å²) in [6, 6.07) is 0. The van der Waals surface area contributed by atoms with Gasteiger partial charge in [-0.2, -0.15) is 0 Å². The first-order valence-electron chi connectivity index (χ1n) is 9.12. The second-order valence-electron chi connectivity index (χ2n) is 6.33. The molecule has 0 saturated carbocycles. The predicted molar refractivity (Wildman–Crippen MR) is 96.5 cm³/mol. The molecule has 1 N–H and O–H groups in total. The van der Waals surface area contributed by atoms with E-state index in [0.717, 1.165) is 6.42 Å². The number of rotatable bonds is 15. The predicted octanol–water partition coefficient (Wildman–Crippen LogP) is 5.75. The van der Waals surface area contributed by atoms with Crippen LogP contribution in [0, 0.1) is 0 Å². The van der Waals surface area contributed by atoms with Gasteiger partial charge in [-0.05, 0) is 0 Å². The summed E-state index contributed by atoms with van der Waals surface area (Å²) in [5.74, 6) is 0. The summed E-state index contributed by atoms with van der Waals surface area (Å²) in [5.41, 5.74) is 0. The molecule has 0 saturated heterocycles. The Morgan fingerprint density at radius 2 is 1.38 bits per heavy atom. The Labute approximate surface area is 137 Å². The molecule has 0 fully saturated rings. The summed E-state index contributed by atoms with van der Waals surface area (Å²) in [7, 11) is 0. The van der Waals surface area contributed by atoms with E-state index in [0.29, 0.717) is 6.61 Å². The van der Waals surface area contributed by atoms with E-state index < -0.39 is 18.4 Å². The molecule has 0 rings (SSSR count). The monoisotopic (exact) mass is 406 g/mol. The Kier molecular flexibility index (Phi) is 15.4. The average molecular weight is 405 g/mol. The van der Waals surface area contributed by atoms with Crippen LogP contribution in [0.1, 0.15) is 65.7 Å². The average Bonchev–Trinajstić information content (AvgIpc) is 2.51. The minimum absolute atomic E-state index is 0.223. The third kappa shape index (κ3) is 11.5. The van der Waals surface area contributed by atoms with Crippen LogP contribution in [0.25, 0.3) is 0 Å². The first-order chi connectivity index (χ1) is 10.2.